The minimum absolute atomic E-state index is 0.179. The number of carboxylic acids is 1. The molecule has 2 aromatic carbocycles. The number of carbonyl (C=O) groups is 3. The molecule has 1 heterocycles. The molecular formula is C23H25NO5. The number of aromatic carboxylic acids is 1. The monoisotopic (exact) mass is 395 g/mol. The van der Waals surface area contributed by atoms with E-state index in [1.807, 2.05) is 6.07 Å². The summed E-state index contributed by atoms with van der Waals surface area (Å²) in [5.41, 5.74) is 0.620. The standard InChI is InChI=1S/C23H25NO5/c1-2-29-22(28)23(20(25)18-6-4-3-5-7-18)12-14-24(15-13-23)16-17-8-10-19(11-9-17)21(26)27/h3-11H,2,12-16H2,1H3,(H,26,27). The molecule has 2 aromatic rings. The van der Waals surface area contributed by atoms with Crippen molar-refractivity contribution in [1.29, 1.82) is 0 Å². The van der Waals surface area contributed by atoms with Crippen LogP contribution in [-0.2, 0) is 16.1 Å². The summed E-state index contributed by atoms with van der Waals surface area (Å²) < 4.78 is 5.28. The average Bonchev–Trinajstić information content (AvgIpc) is 2.75. The second-order valence-corrected chi connectivity index (χ2v) is 7.28. The number of benzene rings is 2. The smallest absolute Gasteiger partial charge is 0.335 e. The molecule has 0 radical (unpaired) electrons. The lowest BCUT2D eigenvalue weighted by atomic mass is 9.72. The molecule has 1 N–H and O–H groups in total. The molecule has 6 nitrogen and oxygen atoms in total. The van der Waals surface area contributed by atoms with Gasteiger partial charge in [-0.25, -0.2) is 4.79 Å². The number of ketones is 1. The van der Waals surface area contributed by atoms with Gasteiger partial charge in [-0.05, 0) is 37.5 Å². The molecule has 1 fully saturated rings. The molecule has 0 aromatic heterocycles. The third-order valence-electron chi connectivity index (χ3n) is 5.45. The van der Waals surface area contributed by atoms with Crippen molar-refractivity contribution in [1.82, 2.24) is 4.90 Å². The van der Waals surface area contributed by atoms with Gasteiger partial charge >= 0.3 is 11.9 Å². The molecule has 0 amide bonds. The third-order valence-corrected chi connectivity index (χ3v) is 5.45. The van der Waals surface area contributed by atoms with Gasteiger partial charge in [-0.3, -0.25) is 14.5 Å². The van der Waals surface area contributed by atoms with Gasteiger partial charge in [0.15, 0.2) is 5.78 Å². The first-order valence-corrected chi connectivity index (χ1v) is 9.78. The van der Waals surface area contributed by atoms with E-state index in [9.17, 15) is 14.4 Å². The van der Waals surface area contributed by atoms with Crippen molar-refractivity contribution >= 4 is 17.7 Å². The fourth-order valence-corrected chi connectivity index (χ4v) is 3.76. The molecule has 0 aliphatic carbocycles. The fourth-order valence-electron chi connectivity index (χ4n) is 3.76. The van der Waals surface area contributed by atoms with E-state index in [2.05, 4.69) is 4.90 Å². The summed E-state index contributed by atoms with van der Waals surface area (Å²) in [6.45, 7) is 3.78. The Morgan fingerprint density at radius 3 is 2.14 bits per heavy atom. The van der Waals surface area contributed by atoms with Gasteiger partial charge in [0.25, 0.3) is 0 Å². The molecule has 1 saturated heterocycles. The van der Waals surface area contributed by atoms with Crippen molar-refractivity contribution in [3.8, 4) is 0 Å². The second-order valence-electron chi connectivity index (χ2n) is 7.28. The largest absolute Gasteiger partial charge is 0.478 e. The van der Waals surface area contributed by atoms with E-state index in [0.29, 0.717) is 38.0 Å². The zero-order valence-corrected chi connectivity index (χ0v) is 16.5. The summed E-state index contributed by atoms with van der Waals surface area (Å²) in [4.78, 5) is 39.2. The topological polar surface area (TPSA) is 83.9 Å². The number of carbonyl (C=O) groups excluding carboxylic acids is 2. The van der Waals surface area contributed by atoms with Gasteiger partial charge in [0.05, 0.1) is 12.2 Å². The van der Waals surface area contributed by atoms with Crippen molar-refractivity contribution in [2.24, 2.45) is 5.41 Å². The first-order valence-electron chi connectivity index (χ1n) is 9.78. The zero-order valence-electron chi connectivity index (χ0n) is 16.5. The van der Waals surface area contributed by atoms with Crippen LogP contribution >= 0.6 is 0 Å². The highest BCUT2D eigenvalue weighted by molar-refractivity contribution is 6.12. The van der Waals surface area contributed by atoms with Crippen LogP contribution in [0.2, 0.25) is 0 Å². The lowest BCUT2D eigenvalue weighted by molar-refractivity contribution is -0.154. The van der Waals surface area contributed by atoms with Crippen molar-refractivity contribution < 1.29 is 24.2 Å². The summed E-state index contributed by atoms with van der Waals surface area (Å²) in [5.74, 6) is -1.57. The van der Waals surface area contributed by atoms with E-state index >= 15 is 0 Å². The molecule has 1 aliphatic heterocycles. The highest BCUT2D eigenvalue weighted by atomic mass is 16.5. The highest BCUT2D eigenvalue weighted by Crippen LogP contribution is 2.37. The molecule has 3 rings (SSSR count). The number of esters is 1. The minimum Gasteiger partial charge on any atom is -0.478 e. The molecule has 1 aliphatic rings. The Kier molecular flexibility index (Phi) is 6.44. The van der Waals surface area contributed by atoms with Crippen LogP contribution in [0.3, 0.4) is 0 Å². The molecular weight excluding hydrogens is 370 g/mol. The summed E-state index contributed by atoms with van der Waals surface area (Å²) in [7, 11) is 0. The van der Waals surface area contributed by atoms with Crippen molar-refractivity contribution in [2.75, 3.05) is 19.7 Å². The van der Waals surface area contributed by atoms with Gasteiger partial charge in [0.1, 0.15) is 5.41 Å². The minimum atomic E-state index is -1.15. The summed E-state index contributed by atoms with van der Waals surface area (Å²) in [6, 6.07) is 15.7. The maximum Gasteiger partial charge on any atom is 0.335 e. The molecule has 0 unspecified atom stereocenters. The van der Waals surface area contributed by atoms with Crippen molar-refractivity contribution in [3.63, 3.8) is 0 Å². The highest BCUT2D eigenvalue weighted by Gasteiger charge is 2.49. The zero-order chi connectivity index (χ0) is 20.9. The van der Waals surface area contributed by atoms with Crippen LogP contribution in [0.1, 0.15) is 46.0 Å². The van der Waals surface area contributed by atoms with Gasteiger partial charge in [0, 0.05) is 25.2 Å². The van der Waals surface area contributed by atoms with Crippen LogP contribution in [0.15, 0.2) is 54.6 Å². The fraction of sp³-hybridized carbons (Fsp3) is 0.348. The Balaban J connectivity index is 1.73. The molecule has 29 heavy (non-hydrogen) atoms. The lowest BCUT2D eigenvalue weighted by Crippen LogP contribution is -2.49. The van der Waals surface area contributed by atoms with Crippen LogP contribution < -0.4 is 0 Å². The Morgan fingerprint density at radius 2 is 1.59 bits per heavy atom. The van der Waals surface area contributed by atoms with Gasteiger partial charge in [-0.2, -0.15) is 0 Å². The first-order chi connectivity index (χ1) is 14.0. The molecule has 0 spiro atoms. The number of piperidine rings is 1. The maximum absolute atomic E-state index is 13.2. The SMILES string of the molecule is CCOC(=O)C1(C(=O)c2ccccc2)CCN(Cc2ccc(C(=O)O)cc2)CC1. The van der Waals surface area contributed by atoms with E-state index in [1.165, 1.54) is 0 Å². The van der Waals surface area contributed by atoms with Gasteiger partial charge in [-0.15, -0.1) is 0 Å². The number of Topliss-reactive ketones (excluding diaryl/α,β-unsaturated/α-hetero) is 1. The summed E-state index contributed by atoms with van der Waals surface area (Å²) in [6.07, 6.45) is 0.791. The molecule has 6 heteroatoms. The summed E-state index contributed by atoms with van der Waals surface area (Å²) in [5, 5.41) is 9.01. The van der Waals surface area contributed by atoms with Crippen LogP contribution in [-0.4, -0.2) is 47.4 Å². The molecule has 0 atom stereocenters. The van der Waals surface area contributed by atoms with E-state index in [0.717, 1.165) is 5.56 Å². The predicted octanol–water partition coefficient (Wildman–Crippen LogP) is 3.41. The van der Waals surface area contributed by atoms with E-state index in [1.54, 1.807) is 55.5 Å². The predicted molar refractivity (Wildman–Crippen MR) is 108 cm³/mol. The van der Waals surface area contributed by atoms with E-state index in [4.69, 9.17) is 9.84 Å². The number of ether oxygens (including phenoxy) is 1. The van der Waals surface area contributed by atoms with E-state index in [-0.39, 0.29) is 18.0 Å². The average molecular weight is 395 g/mol. The van der Waals surface area contributed by atoms with Crippen molar-refractivity contribution in [2.45, 2.75) is 26.3 Å². The van der Waals surface area contributed by atoms with Crippen LogP contribution in [0, 0.1) is 5.41 Å². The third kappa shape index (κ3) is 4.54. The number of rotatable bonds is 7. The number of hydrogen-bond acceptors (Lipinski definition) is 5. The van der Waals surface area contributed by atoms with Gasteiger partial charge in [-0.1, -0.05) is 42.5 Å². The Morgan fingerprint density at radius 1 is 0.966 bits per heavy atom. The van der Waals surface area contributed by atoms with Gasteiger partial charge < -0.3 is 9.84 Å². The Hall–Kier alpha value is -2.99. The lowest BCUT2D eigenvalue weighted by Gasteiger charge is -2.38. The molecule has 0 bridgehead atoms. The number of carboxylic acid groups (broad SMARTS) is 1. The summed E-state index contributed by atoms with van der Waals surface area (Å²) >= 11 is 0. The normalized spacial score (nSPS) is 16.2. The second kappa shape index (κ2) is 9.01. The van der Waals surface area contributed by atoms with Crippen molar-refractivity contribution in [3.05, 3.63) is 71.3 Å². The molecule has 0 saturated carbocycles. The quantitative estimate of drug-likeness (QED) is 0.439. The number of nitrogens with zero attached hydrogens (tertiary/aromatic N) is 1. The first kappa shape index (κ1) is 20.7. The van der Waals surface area contributed by atoms with Gasteiger partial charge in [0.2, 0.25) is 0 Å². The Bertz CT molecular complexity index is 868. The number of hydrogen-bond donors (Lipinski definition) is 1. The number of likely N-dealkylation sites (tertiary alicyclic amines) is 1. The van der Waals surface area contributed by atoms with Crippen LogP contribution in [0.25, 0.3) is 0 Å². The maximum atomic E-state index is 13.2. The van der Waals surface area contributed by atoms with Crippen LogP contribution in [0.5, 0.6) is 0 Å². The van der Waals surface area contributed by atoms with Crippen LogP contribution in [0.4, 0.5) is 0 Å². The Labute approximate surface area is 170 Å². The van der Waals surface area contributed by atoms with E-state index < -0.39 is 17.4 Å². The molecule has 152 valence electrons.